The van der Waals surface area contributed by atoms with Crippen molar-refractivity contribution in [3.63, 3.8) is 0 Å². The molecule has 0 spiro atoms. The molecule has 1 N–H and O–H groups in total. The molecular weight excluding hydrogens is 265 g/mol. The first-order valence-electron chi connectivity index (χ1n) is 6.66. The lowest BCUT2D eigenvalue weighted by molar-refractivity contribution is 0.454. The molecule has 1 aromatic rings. The van der Waals surface area contributed by atoms with Gasteiger partial charge < -0.3 is 5.32 Å². The minimum absolute atomic E-state index is 0.0621. The SMILES string of the molecule is CC(C)CCNC1CCS(=O)(=O)c2ccc(F)cc21. The lowest BCUT2D eigenvalue weighted by Crippen LogP contribution is -2.31. The van der Waals surface area contributed by atoms with E-state index in [1.165, 1.54) is 18.2 Å². The number of sulfone groups is 1. The van der Waals surface area contributed by atoms with Gasteiger partial charge in [-0.1, -0.05) is 13.8 Å². The van der Waals surface area contributed by atoms with Crippen LogP contribution in [0.25, 0.3) is 0 Å². The number of fused-ring (bicyclic) bond motifs is 1. The molecule has 0 aromatic heterocycles. The van der Waals surface area contributed by atoms with Gasteiger partial charge in [-0.2, -0.15) is 0 Å². The van der Waals surface area contributed by atoms with E-state index in [-0.39, 0.29) is 22.5 Å². The highest BCUT2D eigenvalue weighted by Gasteiger charge is 2.30. The summed E-state index contributed by atoms with van der Waals surface area (Å²) in [4.78, 5) is 0.280. The van der Waals surface area contributed by atoms with Crippen LogP contribution in [-0.4, -0.2) is 20.7 Å². The molecule has 0 saturated carbocycles. The number of halogens is 1. The van der Waals surface area contributed by atoms with Gasteiger partial charge in [0.05, 0.1) is 10.6 Å². The largest absolute Gasteiger partial charge is 0.310 e. The molecule has 0 saturated heterocycles. The highest BCUT2D eigenvalue weighted by atomic mass is 32.2. The molecule has 1 unspecified atom stereocenters. The van der Waals surface area contributed by atoms with Gasteiger partial charge in [0.2, 0.25) is 0 Å². The van der Waals surface area contributed by atoms with E-state index in [0.29, 0.717) is 17.9 Å². The molecule has 3 nitrogen and oxygen atoms in total. The van der Waals surface area contributed by atoms with E-state index in [4.69, 9.17) is 0 Å². The minimum atomic E-state index is -3.24. The lowest BCUT2D eigenvalue weighted by Gasteiger charge is -2.26. The maximum Gasteiger partial charge on any atom is 0.178 e. The first-order valence-corrected chi connectivity index (χ1v) is 8.31. The van der Waals surface area contributed by atoms with Gasteiger partial charge in [0.15, 0.2) is 9.84 Å². The van der Waals surface area contributed by atoms with Crippen LogP contribution in [0.3, 0.4) is 0 Å². The van der Waals surface area contributed by atoms with Crippen LogP contribution in [0, 0.1) is 11.7 Å². The first kappa shape index (κ1) is 14.5. The van der Waals surface area contributed by atoms with Crippen LogP contribution in [-0.2, 0) is 9.84 Å². The van der Waals surface area contributed by atoms with Crippen molar-refractivity contribution in [3.8, 4) is 0 Å². The van der Waals surface area contributed by atoms with Crippen molar-refractivity contribution in [2.75, 3.05) is 12.3 Å². The van der Waals surface area contributed by atoms with Crippen molar-refractivity contribution in [1.29, 1.82) is 0 Å². The fourth-order valence-corrected chi connectivity index (χ4v) is 3.97. The Labute approximate surface area is 114 Å². The number of nitrogens with one attached hydrogen (secondary N) is 1. The second kappa shape index (κ2) is 5.59. The third kappa shape index (κ3) is 3.34. The molecule has 0 fully saturated rings. The number of hydrogen-bond donors (Lipinski definition) is 1. The summed E-state index contributed by atoms with van der Waals surface area (Å²) in [5, 5.41) is 3.34. The Hall–Kier alpha value is -0.940. The zero-order chi connectivity index (χ0) is 14.0. The van der Waals surface area contributed by atoms with E-state index in [1.54, 1.807) is 0 Å². The Morgan fingerprint density at radius 1 is 1.42 bits per heavy atom. The van der Waals surface area contributed by atoms with E-state index >= 15 is 0 Å². The zero-order valence-corrected chi connectivity index (χ0v) is 12.1. The Balaban J connectivity index is 2.23. The summed E-state index contributed by atoms with van der Waals surface area (Å²) in [6.45, 7) is 5.10. The first-order chi connectivity index (χ1) is 8.90. The second-order valence-electron chi connectivity index (χ2n) is 5.48. The van der Waals surface area contributed by atoms with Crippen molar-refractivity contribution >= 4 is 9.84 Å². The van der Waals surface area contributed by atoms with Gasteiger partial charge in [0, 0.05) is 6.04 Å². The molecule has 0 radical (unpaired) electrons. The van der Waals surface area contributed by atoms with E-state index in [1.807, 2.05) is 0 Å². The Morgan fingerprint density at radius 2 is 2.16 bits per heavy atom. The topological polar surface area (TPSA) is 46.2 Å². The van der Waals surface area contributed by atoms with Crippen molar-refractivity contribution in [2.45, 2.75) is 37.6 Å². The van der Waals surface area contributed by atoms with Crippen LogP contribution in [0.5, 0.6) is 0 Å². The monoisotopic (exact) mass is 285 g/mol. The fraction of sp³-hybridized carbons (Fsp3) is 0.571. The zero-order valence-electron chi connectivity index (χ0n) is 11.3. The highest BCUT2D eigenvalue weighted by Crippen LogP contribution is 2.32. The lowest BCUT2D eigenvalue weighted by atomic mass is 10.0. The van der Waals surface area contributed by atoms with Crippen molar-refractivity contribution in [1.82, 2.24) is 5.32 Å². The molecule has 1 aliphatic rings. The summed E-state index contributed by atoms with van der Waals surface area (Å²) in [6, 6.07) is 3.88. The molecule has 2 rings (SSSR count). The van der Waals surface area contributed by atoms with Crippen LogP contribution >= 0.6 is 0 Å². The van der Waals surface area contributed by atoms with Gasteiger partial charge in [-0.05, 0) is 49.1 Å². The molecular formula is C14H20FNO2S. The summed E-state index contributed by atoms with van der Waals surface area (Å²) >= 11 is 0. The minimum Gasteiger partial charge on any atom is -0.310 e. The maximum atomic E-state index is 13.3. The quantitative estimate of drug-likeness (QED) is 0.865. The van der Waals surface area contributed by atoms with Gasteiger partial charge in [-0.15, -0.1) is 0 Å². The van der Waals surface area contributed by atoms with Gasteiger partial charge in [-0.25, -0.2) is 12.8 Å². The normalized spacial score (nSPS) is 21.4. The predicted molar refractivity (Wildman–Crippen MR) is 73.3 cm³/mol. The van der Waals surface area contributed by atoms with Crippen molar-refractivity contribution in [3.05, 3.63) is 29.6 Å². The summed E-state index contributed by atoms with van der Waals surface area (Å²) in [6.07, 6.45) is 1.53. The predicted octanol–water partition coefficient (Wildman–Crippen LogP) is 2.68. The smallest absolute Gasteiger partial charge is 0.178 e. The Kier molecular flexibility index (Phi) is 4.26. The van der Waals surface area contributed by atoms with Gasteiger partial charge in [0.25, 0.3) is 0 Å². The van der Waals surface area contributed by atoms with E-state index in [9.17, 15) is 12.8 Å². The standard InChI is InChI=1S/C14H20FNO2S/c1-10(2)5-7-16-13-6-8-19(17,18)14-4-3-11(15)9-12(13)14/h3-4,9-10,13,16H,5-8H2,1-2H3. The molecule has 1 atom stereocenters. The molecule has 1 aromatic carbocycles. The van der Waals surface area contributed by atoms with Crippen LogP contribution in [0.1, 0.15) is 38.3 Å². The summed E-state index contributed by atoms with van der Waals surface area (Å²) in [5.74, 6) is 0.337. The average Bonchev–Trinajstić information content (AvgIpc) is 2.31. The van der Waals surface area contributed by atoms with E-state index < -0.39 is 9.84 Å². The van der Waals surface area contributed by atoms with Crippen LogP contribution < -0.4 is 5.32 Å². The number of rotatable bonds is 4. The molecule has 0 amide bonds. The molecule has 0 aliphatic carbocycles. The third-order valence-corrected chi connectivity index (χ3v) is 5.29. The Bertz CT molecular complexity index is 555. The van der Waals surface area contributed by atoms with Crippen molar-refractivity contribution in [2.24, 2.45) is 5.92 Å². The molecule has 106 valence electrons. The maximum absolute atomic E-state index is 13.3. The van der Waals surface area contributed by atoms with Crippen LogP contribution in [0.2, 0.25) is 0 Å². The average molecular weight is 285 g/mol. The molecule has 19 heavy (non-hydrogen) atoms. The Morgan fingerprint density at radius 3 is 2.84 bits per heavy atom. The molecule has 1 heterocycles. The van der Waals surface area contributed by atoms with Crippen molar-refractivity contribution < 1.29 is 12.8 Å². The molecule has 0 bridgehead atoms. The summed E-state index contributed by atoms with van der Waals surface area (Å²) in [5.41, 5.74) is 0.579. The third-order valence-electron chi connectivity index (χ3n) is 3.47. The summed E-state index contributed by atoms with van der Waals surface area (Å²) < 4.78 is 37.3. The number of benzene rings is 1. The van der Waals surface area contributed by atoms with Gasteiger partial charge in [-0.3, -0.25) is 0 Å². The van der Waals surface area contributed by atoms with Crippen LogP contribution in [0.15, 0.2) is 23.1 Å². The highest BCUT2D eigenvalue weighted by molar-refractivity contribution is 7.91. The molecule has 5 heteroatoms. The van der Waals surface area contributed by atoms with Crippen LogP contribution in [0.4, 0.5) is 4.39 Å². The van der Waals surface area contributed by atoms with E-state index in [0.717, 1.165) is 13.0 Å². The van der Waals surface area contributed by atoms with Gasteiger partial charge in [0.1, 0.15) is 5.82 Å². The second-order valence-corrected chi connectivity index (χ2v) is 7.56. The van der Waals surface area contributed by atoms with Gasteiger partial charge >= 0.3 is 0 Å². The van der Waals surface area contributed by atoms with E-state index in [2.05, 4.69) is 19.2 Å². The fourth-order valence-electron chi connectivity index (χ4n) is 2.37. The molecule has 1 aliphatic heterocycles. The summed E-state index contributed by atoms with van der Waals surface area (Å²) in [7, 11) is -3.24. The number of hydrogen-bond acceptors (Lipinski definition) is 3.